The summed E-state index contributed by atoms with van der Waals surface area (Å²) in [7, 11) is -3.55. The van der Waals surface area contributed by atoms with Crippen LogP contribution in [0.15, 0.2) is 47.4 Å². The molecule has 0 spiro atoms. The SMILES string of the molecule is CC(C)(C)OC(=O)c1cc2ccc(Cl)nc2n1-c1ccccc1S(C)(=O)=O. The molecule has 6 nitrogen and oxygen atoms in total. The number of nitrogens with zero attached hydrogens (tertiary/aromatic N) is 2. The van der Waals surface area contributed by atoms with E-state index in [1.165, 1.54) is 10.6 Å². The number of esters is 1. The van der Waals surface area contributed by atoms with Gasteiger partial charge in [-0.05, 0) is 51.1 Å². The largest absolute Gasteiger partial charge is 0.455 e. The summed E-state index contributed by atoms with van der Waals surface area (Å²) in [4.78, 5) is 17.2. The highest BCUT2D eigenvalue weighted by Crippen LogP contribution is 2.29. The molecule has 0 fully saturated rings. The van der Waals surface area contributed by atoms with Crippen LogP contribution in [0.3, 0.4) is 0 Å². The summed E-state index contributed by atoms with van der Waals surface area (Å²) in [6, 6.07) is 11.4. The first-order chi connectivity index (χ1) is 12.5. The Morgan fingerprint density at radius 1 is 1.15 bits per heavy atom. The molecular weight excluding hydrogens is 388 g/mol. The standard InChI is InChI=1S/C19H19ClN2O4S/c1-19(2,3)26-18(23)14-11-12-9-10-16(20)21-17(12)22(14)13-7-5-6-8-15(13)27(4,24)25/h5-11H,1-4H3. The van der Waals surface area contributed by atoms with Gasteiger partial charge in [-0.1, -0.05) is 23.7 Å². The molecule has 0 radical (unpaired) electrons. The fourth-order valence-corrected chi connectivity index (χ4v) is 3.74. The lowest BCUT2D eigenvalue weighted by atomic mass is 10.2. The highest BCUT2D eigenvalue weighted by molar-refractivity contribution is 7.90. The Morgan fingerprint density at radius 3 is 2.44 bits per heavy atom. The summed E-state index contributed by atoms with van der Waals surface area (Å²) < 4.78 is 31.6. The Hall–Kier alpha value is -2.38. The number of fused-ring (bicyclic) bond motifs is 1. The van der Waals surface area contributed by atoms with Crippen molar-refractivity contribution in [2.24, 2.45) is 0 Å². The first-order valence-corrected chi connectivity index (χ1v) is 10.4. The maximum atomic E-state index is 12.8. The van der Waals surface area contributed by atoms with Gasteiger partial charge in [0.15, 0.2) is 9.84 Å². The molecule has 3 rings (SSSR count). The first kappa shape index (κ1) is 19.4. The van der Waals surface area contributed by atoms with E-state index >= 15 is 0 Å². The van der Waals surface area contributed by atoms with E-state index in [1.807, 2.05) is 0 Å². The van der Waals surface area contributed by atoms with E-state index in [9.17, 15) is 13.2 Å². The number of carbonyl (C=O) groups is 1. The molecule has 8 heteroatoms. The number of ether oxygens (including phenoxy) is 1. The molecule has 0 atom stereocenters. The predicted molar refractivity (Wildman–Crippen MR) is 104 cm³/mol. The van der Waals surface area contributed by atoms with Gasteiger partial charge < -0.3 is 4.74 Å². The molecule has 0 N–H and O–H groups in total. The summed E-state index contributed by atoms with van der Waals surface area (Å²) >= 11 is 6.04. The molecular formula is C19H19ClN2O4S. The average molecular weight is 407 g/mol. The minimum atomic E-state index is -3.55. The van der Waals surface area contributed by atoms with Crippen molar-refractivity contribution in [1.82, 2.24) is 9.55 Å². The van der Waals surface area contributed by atoms with Gasteiger partial charge in [0, 0.05) is 11.6 Å². The average Bonchev–Trinajstić information content (AvgIpc) is 2.91. The molecule has 3 aromatic rings. The molecule has 0 saturated heterocycles. The topological polar surface area (TPSA) is 78.3 Å². The van der Waals surface area contributed by atoms with Crippen LogP contribution in [0.4, 0.5) is 0 Å². The summed E-state index contributed by atoms with van der Waals surface area (Å²) in [6.07, 6.45) is 1.12. The fraction of sp³-hybridized carbons (Fsp3) is 0.263. The molecule has 0 saturated carbocycles. The van der Waals surface area contributed by atoms with Gasteiger partial charge in [-0.2, -0.15) is 0 Å². The van der Waals surface area contributed by atoms with Crippen LogP contribution in [0.1, 0.15) is 31.3 Å². The number of sulfone groups is 1. The second-order valence-electron chi connectivity index (χ2n) is 7.15. The second-order valence-corrected chi connectivity index (χ2v) is 9.52. The van der Waals surface area contributed by atoms with Gasteiger partial charge in [-0.15, -0.1) is 0 Å². The van der Waals surface area contributed by atoms with Gasteiger partial charge in [0.05, 0.1) is 10.6 Å². The van der Waals surface area contributed by atoms with Crippen molar-refractivity contribution in [2.45, 2.75) is 31.3 Å². The third-order valence-corrected chi connectivity index (χ3v) is 5.08. The minimum Gasteiger partial charge on any atom is -0.455 e. The van der Waals surface area contributed by atoms with Gasteiger partial charge in [0.2, 0.25) is 0 Å². The zero-order valence-electron chi connectivity index (χ0n) is 15.4. The lowest BCUT2D eigenvalue weighted by Crippen LogP contribution is -2.25. The zero-order valence-corrected chi connectivity index (χ0v) is 16.9. The predicted octanol–water partition coefficient (Wildman–Crippen LogP) is 4.04. The Kier molecular flexibility index (Phi) is 4.78. The lowest BCUT2D eigenvalue weighted by Gasteiger charge is -2.20. The van der Waals surface area contributed by atoms with Crippen molar-refractivity contribution in [3.05, 3.63) is 53.3 Å². The molecule has 0 bridgehead atoms. The number of hydrogen-bond acceptors (Lipinski definition) is 5. The summed E-state index contributed by atoms with van der Waals surface area (Å²) in [6.45, 7) is 5.28. The number of carbonyl (C=O) groups excluding carboxylic acids is 1. The quantitative estimate of drug-likeness (QED) is 0.484. The van der Waals surface area contributed by atoms with Crippen LogP contribution >= 0.6 is 11.6 Å². The van der Waals surface area contributed by atoms with Crippen LogP contribution in [0.5, 0.6) is 0 Å². The zero-order chi connectivity index (χ0) is 20.0. The van der Waals surface area contributed by atoms with Crippen LogP contribution in [0.2, 0.25) is 5.15 Å². The molecule has 2 aromatic heterocycles. The van der Waals surface area contributed by atoms with E-state index in [0.717, 1.165) is 6.26 Å². The van der Waals surface area contributed by atoms with Crippen molar-refractivity contribution >= 4 is 38.4 Å². The van der Waals surface area contributed by atoms with Gasteiger partial charge in [0.25, 0.3) is 0 Å². The van der Waals surface area contributed by atoms with Gasteiger partial charge in [-0.25, -0.2) is 18.2 Å². The number of para-hydroxylation sites is 1. The van der Waals surface area contributed by atoms with Crippen LogP contribution in [0, 0.1) is 0 Å². The fourth-order valence-electron chi connectivity index (χ4n) is 2.73. The minimum absolute atomic E-state index is 0.0779. The van der Waals surface area contributed by atoms with E-state index in [-0.39, 0.29) is 15.7 Å². The monoisotopic (exact) mass is 406 g/mol. The van der Waals surface area contributed by atoms with Crippen molar-refractivity contribution in [3.63, 3.8) is 0 Å². The van der Waals surface area contributed by atoms with Crippen LogP contribution < -0.4 is 0 Å². The molecule has 0 unspecified atom stereocenters. The molecule has 0 aliphatic heterocycles. The number of aromatic nitrogens is 2. The highest BCUT2D eigenvalue weighted by Gasteiger charge is 2.26. The van der Waals surface area contributed by atoms with Crippen LogP contribution in [-0.2, 0) is 14.6 Å². The number of pyridine rings is 1. The number of rotatable bonds is 3. The second kappa shape index (κ2) is 6.65. The Labute approximate surface area is 162 Å². The normalized spacial score (nSPS) is 12.3. The molecule has 0 amide bonds. The lowest BCUT2D eigenvalue weighted by molar-refractivity contribution is 0.00608. The maximum Gasteiger partial charge on any atom is 0.355 e. The third-order valence-electron chi connectivity index (χ3n) is 3.73. The Bertz CT molecular complexity index is 1140. The van der Waals surface area contributed by atoms with E-state index in [1.54, 1.807) is 57.2 Å². The van der Waals surface area contributed by atoms with E-state index in [2.05, 4.69) is 4.98 Å². The number of halogens is 1. The molecule has 0 aliphatic rings. The summed E-state index contributed by atoms with van der Waals surface area (Å²) in [5.41, 5.74) is 0.149. The maximum absolute atomic E-state index is 12.8. The van der Waals surface area contributed by atoms with E-state index in [4.69, 9.17) is 16.3 Å². The van der Waals surface area contributed by atoms with Gasteiger partial charge in [0.1, 0.15) is 22.1 Å². The Morgan fingerprint density at radius 2 is 1.81 bits per heavy atom. The summed E-state index contributed by atoms with van der Waals surface area (Å²) in [5.74, 6) is -0.583. The van der Waals surface area contributed by atoms with Crippen LogP contribution in [-0.4, -0.2) is 35.8 Å². The molecule has 27 heavy (non-hydrogen) atoms. The van der Waals surface area contributed by atoms with Gasteiger partial charge >= 0.3 is 5.97 Å². The molecule has 1 aromatic carbocycles. The molecule has 142 valence electrons. The van der Waals surface area contributed by atoms with Crippen LogP contribution in [0.25, 0.3) is 16.7 Å². The van der Waals surface area contributed by atoms with E-state index < -0.39 is 21.4 Å². The van der Waals surface area contributed by atoms with Crippen molar-refractivity contribution in [1.29, 1.82) is 0 Å². The molecule has 2 heterocycles. The number of benzene rings is 1. The van der Waals surface area contributed by atoms with E-state index in [0.29, 0.717) is 16.7 Å². The summed E-state index contributed by atoms with van der Waals surface area (Å²) in [5, 5.41) is 0.873. The highest BCUT2D eigenvalue weighted by atomic mass is 35.5. The van der Waals surface area contributed by atoms with Crippen molar-refractivity contribution in [2.75, 3.05) is 6.26 Å². The Balaban J connectivity index is 2.37. The van der Waals surface area contributed by atoms with Gasteiger partial charge in [-0.3, -0.25) is 4.57 Å². The van der Waals surface area contributed by atoms with Crippen molar-refractivity contribution < 1.29 is 17.9 Å². The number of hydrogen-bond donors (Lipinski definition) is 0. The third kappa shape index (κ3) is 3.99. The smallest absolute Gasteiger partial charge is 0.355 e. The molecule has 0 aliphatic carbocycles. The first-order valence-electron chi connectivity index (χ1n) is 8.18. The van der Waals surface area contributed by atoms with Crippen molar-refractivity contribution in [3.8, 4) is 5.69 Å².